The molecule has 0 unspecified atom stereocenters. The average molecular weight is 286 g/mol. The van der Waals surface area contributed by atoms with Crippen LogP contribution in [-0.4, -0.2) is 19.9 Å². The van der Waals surface area contributed by atoms with E-state index in [2.05, 4.69) is 11.6 Å². The fourth-order valence-electron chi connectivity index (χ4n) is 1.61. The van der Waals surface area contributed by atoms with Crippen molar-refractivity contribution in [2.75, 3.05) is 6.54 Å². The number of nitrogens with one attached hydrogen (secondary N) is 1. The lowest BCUT2D eigenvalue weighted by Crippen LogP contribution is -2.24. The van der Waals surface area contributed by atoms with Crippen molar-refractivity contribution < 1.29 is 13.3 Å². The molecule has 0 saturated heterocycles. The van der Waals surface area contributed by atoms with Crippen LogP contribution in [0.15, 0.2) is 29.2 Å². The van der Waals surface area contributed by atoms with Gasteiger partial charge in [0.25, 0.3) is 5.69 Å². The number of hydrogen-bond acceptors (Lipinski definition) is 4. The minimum absolute atomic E-state index is 0.0720. The highest BCUT2D eigenvalue weighted by atomic mass is 32.2. The minimum atomic E-state index is -3.66. The second-order valence-electron chi connectivity index (χ2n) is 4.21. The van der Waals surface area contributed by atoms with Crippen molar-refractivity contribution >= 4 is 15.7 Å². The Morgan fingerprint density at radius 3 is 2.63 bits per heavy atom. The highest BCUT2D eigenvalue weighted by Gasteiger charge is 2.16. The van der Waals surface area contributed by atoms with Crippen molar-refractivity contribution in [3.8, 4) is 0 Å². The third-order valence-corrected chi connectivity index (χ3v) is 4.12. The smallest absolute Gasteiger partial charge is 0.258 e. The number of hydrogen-bond donors (Lipinski definition) is 1. The van der Waals surface area contributed by atoms with Gasteiger partial charge >= 0.3 is 0 Å². The molecule has 0 amide bonds. The zero-order valence-corrected chi connectivity index (χ0v) is 11.6. The van der Waals surface area contributed by atoms with Gasteiger partial charge < -0.3 is 0 Å². The van der Waals surface area contributed by atoms with Crippen LogP contribution in [0, 0.1) is 10.1 Å². The van der Waals surface area contributed by atoms with E-state index in [0.29, 0.717) is 6.54 Å². The lowest BCUT2D eigenvalue weighted by Gasteiger charge is -2.06. The number of nitro groups is 1. The molecule has 0 atom stereocenters. The molecule has 0 aliphatic heterocycles. The normalized spacial score (nSPS) is 11.4. The van der Waals surface area contributed by atoms with E-state index >= 15 is 0 Å². The molecule has 7 heteroatoms. The molecule has 1 rings (SSSR count). The third-order valence-electron chi connectivity index (χ3n) is 2.66. The molecular formula is C12H18N2O4S. The molecule has 106 valence electrons. The van der Waals surface area contributed by atoms with Crippen molar-refractivity contribution in [1.29, 1.82) is 0 Å². The highest BCUT2D eigenvalue weighted by molar-refractivity contribution is 7.89. The summed E-state index contributed by atoms with van der Waals surface area (Å²) in [6.45, 7) is 2.43. The number of benzene rings is 1. The molecule has 6 nitrogen and oxygen atoms in total. The molecule has 1 N–H and O–H groups in total. The molecular weight excluding hydrogens is 268 g/mol. The Morgan fingerprint density at radius 2 is 2.00 bits per heavy atom. The Bertz CT molecular complexity index is 528. The molecule has 0 spiro atoms. The first-order valence-corrected chi connectivity index (χ1v) is 7.70. The van der Waals surface area contributed by atoms with Gasteiger partial charge in [-0.05, 0) is 12.5 Å². The summed E-state index contributed by atoms with van der Waals surface area (Å²) < 4.78 is 26.3. The molecule has 0 radical (unpaired) electrons. The first-order valence-electron chi connectivity index (χ1n) is 6.21. The lowest BCUT2D eigenvalue weighted by molar-refractivity contribution is -0.385. The Balaban J connectivity index is 2.66. The number of nitro benzene ring substituents is 1. The van der Waals surface area contributed by atoms with Crippen LogP contribution in [0.2, 0.25) is 0 Å². The fraction of sp³-hybridized carbons (Fsp3) is 0.500. The number of non-ortho nitro benzene ring substituents is 1. The molecule has 1 aromatic carbocycles. The van der Waals surface area contributed by atoms with Crippen LogP contribution in [0.3, 0.4) is 0 Å². The summed E-state index contributed by atoms with van der Waals surface area (Å²) in [5, 5.41) is 10.6. The molecule has 0 bridgehead atoms. The van der Waals surface area contributed by atoms with Crippen LogP contribution in [0.25, 0.3) is 0 Å². The van der Waals surface area contributed by atoms with Crippen molar-refractivity contribution in [1.82, 2.24) is 4.72 Å². The highest BCUT2D eigenvalue weighted by Crippen LogP contribution is 2.17. The van der Waals surface area contributed by atoms with Crippen LogP contribution in [0.5, 0.6) is 0 Å². The zero-order valence-electron chi connectivity index (χ0n) is 10.8. The van der Waals surface area contributed by atoms with Gasteiger partial charge in [-0.25, -0.2) is 13.1 Å². The van der Waals surface area contributed by atoms with E-state index in [4.69, 9.17) is 0 Å². The van der Waals surface area contributed by atoms with E-state index in [-0.39, 0.29) is 10.6 Å². The standard InChI is InChI=1S/C12H18N2O4S/c1-2-3-4-5-9-13-19(17,18)12-8-6-7-11(10-12)14(15)16/h6-8,10,13H,2-5,9H2,1H3. The van der Waals surface area contributed by atoms with E-state index < -0.39 is 14.9 Å². The quantitative estimate of drug-likeness (QED) is 0.451. The number of nitrogens with zero attached hydrogens (tertiary/aromatic N) is 1. The largest absolute Gasteiger partial charge is 0.270 e. The SMILES string of the molecule is CCCCCCNS(=O)(=O)c1cccc([N+](=O)[O-])c1. The van der Waals surface area contributed by atoms with Gasteiger partial charge in [-0.2, -0.15) is 0 Å². The third kappa shape index (κ3) is 4.96. The second kappa shape index (κ2) is 7.20. The van der Waals surface area contributed by atoms with Crippen molar-refractivity contribution in [2.24, 2.45) is 0 Å². The van der Waals surface area contributed by atoms with Gasteiger partial charge in [0.15, 0.2) is 0 Å². The molecule has 0 aliphatic rings. The predicted octanol–water partition coefficient (Wildman–Crippen LogP) is 2.45. The fourth-order valence-corrected chi connectivity index (χ4v) is 2.72. The Morgan fingerprint density at radius 1 is 1.26 bits per heavy atom. The van der Waals surface area contributed by atoms with Crippen LogP contribution in [0.1, 0.15) is 32.6 Å². The van der Waals surface area contributed by atoms with E-state index in [1.807, 2.05) is 0 Å². The van der Waals surface area contributed by atoms with Gasteiger partial charge in [-0.1, -0.05) is 32.3 Å². The monoisotopic (exact) mass is 286 g/mol. The van der Waals surface area contributed by atoms with Crippen molar-refractivity contribution in [3.63, 3.8) is 0 Å². The van der Waals surface area contributed by atoms with Crippen LogP contribution in [0.4, 0.5) is 5.69 Å². The summed E-state index contributed by atoms with van der Waals surface area (Å²) in [6, 6.07) is 5.04. The Kier molecular flexibility index (Phi) is 5.91. The van der Waals surface area contributed by atoms with E-state index in [1.165, 1.54) is 18.2 Å². The summed E-state index contributed by atoms with van der Waals surface area (Å²) in [6.07, 6.45) is 3.88. The lowest BCUT2D eigenvalue weighted by atomic mass is 10.2. The van der Waals surface area contributed by atoms with Crippen molar-refractivity contribution in [3.05, 3.63) is 34.4 Å². The number of unbranched alkanes of at least 4 members (excludes halogenated alkanes) is 3. The summed E-state index contributed by atoms with van der Waals surface area (Å²) in [7, 11) is -3.66. The molecule has 0 fully saturated rings. The summed E-state index contributed by atoms with van der Waals surface area (Å²) in [4.78, 5) is 9.92. The van der Waals surface area contributed by atoms with Gasteiger partial charge in [-0.15, -0.1) is 0 Å². The average Bonchev–Trinajstić information content (AvgIpc) is 2.38. The molecule has 0 heterocycles. The minimum Gasteiger partial charge on any atom is -0.258 e. The first-order chi connectivity index (χ1) is 8.97. The van der Waals surface area contributed by atoms with Gasteiger partial charge in [-0.3, -0.25) is 10.1 Å². The summed E-state index contributed by atoms with van der Waals surface area (Å²) in [5.41, 5.74) is -0.228. The maximum absolute atomic E-state index is 11.9. The van der Waals surface area contributed by atoms with Crippen molar-refractivity contribution in [2.45, 2.75) is 37.5 Å². The van der Waals surface area contributed by atoms with Gasteiger partial charge in [0.1, 0.15) is 0 Å². The topological polar surface area (TPSA) is 89.3 Å². The molecule has 0 aromatic heterocycles. The van der Waals surface area contributed by atoms with Gasteiger partial charge in [0.05, 0.1) is 9.82 Å². The van der Waals surface area contributed by atoms with Gasteiger partial charge in [0.2, 0.25) is 10.0 Å². The zero-order chi connectivity index (χ0) is 14.3. The summed E-state index contributed by atoms with van der Waals surface area (Å²) in [5.74, 6) is 0. The maximum atomic E-state index is 11.9. The van der Waals surface area contributed by atoms with E-state index in [9.17, 15) is 18.5 Å². The molecule has 1 aromatic rings. The second-order valence-corrected chi connectivity index (χ2v) is 5.98. The predicted molar refractivity (Wildman–Crippen MR) is 72.4 cm³/mol. The van der Waals surface area contributed by atoms with E-state index in [0.717, 1.165) is 31.7 Å². The van der Waals surface area contributed by atoms with Crippen LogP contribution >= 0.6 is 0 Å². The molecule has 0 aliphatic carbocycles. The summed E-state index contributed by atoms with van der Waals surface area (Å²) >= 11 is 0. The van der Waals surface area contributed by atoms with Crippen LogP contribution < -0.4 is 4.72 Å². The molecule has 0 saturated carbocycles. The Labute approximate surface area is 113 Å². The van der Waals surface area contributed by atoms with E-state index in [1.54, 1.807) is 0 Å². The van der Waals surface area contributed by atoms with Gasteiger partial charge in [0, 0.05) is 18.7 Å². The first kappa shape index (κ1) is 15.6. The maximum Gasteiger partial charge on any atom is 0.270 e. The number of sulfonamides is 1. The van der Waals surface area contributed by atoms with Crippen LogP contribution in [-0.2, 0) is 10.0 Å². The molecule has 19 heavy (non-hydrogen) atoms. The number of rotatable bonds is 8. The Hall–Kier alpha value is -1.47.